The minimum atomic E-state index is -0.352. The van der Waals surface area contributed by atoms with E-state index in [0.29, 0.717) is 48.8 Å². The van der Waals surface area contributed by atoms with Crippen LogP contribution in [0.4, 0.5) is 0 Å². The molecule has 33 heavy (non-hydrogen) atoms. The molecule has 1 spiro atoms. The SMILES string of the molecule is C[C@]12CC[C@@H]3[C@H]4CCC5(C[C@@H]4C[C@@H](OCOCc4ccccc4)[C@H]3[C@@H]1CCC2=O)OCCO5. The van der Waals surface area contributed by atoms with E-state index >= 15 is 0 Å². The van der Waals surface area contributed by atoms with E-state index in [1.807, 2.05) is 18.2 Å². The van der Waals surface area contributed by atoms with Crippen molar-refractivity contribution in [1.29, 1.82) is 0 Å². The molecular weight excluding hydrogens is 416 g/mol. The fourth-order valence-electron chi connectivity index (χ4n) is 8.39. The summed E-state index contributed by atoms with van der Waals surface area (Å²) in [5, 5.41) is 0. The summed E-state index contributed by atoms with van der Waals surface area (Å²) in [6.45, 7) is 4.57. The van der Waals surface area contributed by atoms with Crippen molar-refractivity contribution in [2.75, 3.05) is 20.0 Å². The van der Waals surface area contributed by atoms with Crippen LogP contribution >= 0.6 is 0 Å². The van der Waals surface area contributed by atoms with Gasteiger partial charge in [-0.25, -0.2) is 0 Å². The van der Waals surface area contributed by atoms with Gasteiger partial charge in [0.05, 0.1) is 25.9 Å². The summed E-state index contributed by atoms with van der Waals surface area (Å²) in [5.41, 5.74) is 1.02. The molecule has 4 saturated carbocycles. The third-order valence-electron chi connectivity index (χ3n) is 9.94. The second kappa shape index (κ2) is 8.75. The maximum atomic E-state index is 12.9. The van der Waals surface area contributed by atoms with Gasteiger partial charge in [-0.15, -0.1) is 0 Å². The van der Waals surface area contributed by atoms with Crippen molar-refractivity contribution in [1.82, 2.24) is 0 Å². The molecule has 0 amide bonds. The lowest BCUT2D eigenvalue weighted by Crippen LogP contribution is -2.56. The molecule has 1 aromatic rings. The topological polar surface area (TPSA) is 54.0 Å². The number of hydrogen-bond donors (Lipinski definition) is 0. The van der Waals surface area contributed by atoms with Crippen LogP contribution in [-0.2, 0) is 30.3 Å². The molecule has 0 N–H and O–H groups in total. The largest absolute Gasteiger partial charge is 0.352 e. The lowest BCUT2D eigenvalue weighted by molar-refractivity contribution is -0.230. The number of benzene rings is 1. The monoisotopic (exact) mass is 454 g/mol. The number of ether oxygens (including phenoxy) is 4. The molecule has 5 fully saturated rings. The Morgan fingerprint density at radius 2 is 1.82 bits per heavy atom. The zero-order valence-corrected chi connectivity index (χ0v) is 19.9. The van der Waals surface area contributed by atoms with Crippen molar-refractivity contribution in [2.24, 2.45) is 35.0 Å². The zero-order valence-electron chi connectivity index (χ0n) is 19.9. The van der Waals surface area contributed by atoms with Crippen LogP contribution in [0.1, 0.15) is 63.9 Å². The van der Waals surface area contributed by atoms with Crippen LogP contribution < -0.4 is 0 Å². The van der Waals surface area contributed by atoms with Crippen LogP contribution in [0, 0.1) is 35.0 Å². The highest BCUT2D eigenvalue weighted by molar-refractivity contribution is 5.87. The van der Waals surface area contributed by atoms with Gasteiger partial charge in [0.15, 0.2) is 5.79 Å². The first-order chi connectivity index (χ1) is 16.1. The minimum Gasteiger partial charge on any atom is -0.352 e. The summed E-state index contributed by atoms with van der Waals surface area (Å²) in [4.78, 5) is 12.9. The van der Waals surface area contributed by atoms with Crippen molar-refractivity contribution in [3.8, 4) is 0 Å². The highest BCUT2D eigenvalue weighted by Gasteiger charge is 2.61. The van der Waals surface area contributed by atoms with Crippen LogP contribution in [-0.4, -0.2) is 37.7 Å². The van der Waals surface area contributed by atoms with Gasteiger partial charge in [0, 0.05) is 24.7 Å². The number of rotatable bonds is 5. The molecule has 1 heterocycles. The summed E-state index contributed by atoms with van der Waals surface area (Å²) in [7, 11) is 0. The molecule has 0 aromatic heterocycles. The number of hydrogen-bond acceptors (Lipinski definition) is 5. The summed E-state index contributed by atoms with van der Waals surface area (Å²) in [5.74, 6) is 2.98. The molecule has 0 unspecified atom stereocenters. The second-order valence-corrected chi connectivity index (χ2v) is 11.4. The Hall–Kier alpha value is -1.27. The third kappa shape index (κ3) is 3.89. The average Bonchev–Trinajstić information content (AvgIpc) is 3.41. The first-order valence-electron chi connectivity index (χ1n) is 13.1. The van der Waals surface area contributed by atoms with Gasteiger partial charge in [-0.05, 0) is 67.3 Å². The van der Waals surface area contributed by atoms with Crippen molar-refractivity contribution in [2.45, 2.75) is 76.8 Å². The molecule has 180 valence electrons. The Bertz CT molecular complexity index is 849. The number of Topliss-reactive ketones (excluding diaryl/α,β-unsaturated/α-hetero) is 1. The maximum Gasteiger partial charge on any atom is 0.168 e. The Kier molecular flexibility index (Phi) is 5.89. The van der Waals surface area contributed by atoms with E-state index in [1.54, 1.807) is 0 Å². The van der Waals surface area contributed by atoms with E-state index in [4.69, 9.17) is 18.9 Å². The summed E-state index contributed by atoms with van der Waals surface area (Å²) in [6.07, 6.45) is 8.38. The maximum absolute atomic E-state index is 12.9. The van der Waals surface area contributed by atoms with E-state index in [1.165, 1.54) is 12.0 Å². The van der Waals surface area contributed by atoms with E-state index in [-0.39, 0.29) is 17.3 Å². The van der Waals surface area contributed by atoms with Gasteiger partial charge in [-0.3, -0.25) is 4.79 Å². The average molecular weight is 455 g/mol. The lowest BCUT2D eigenvalue weighted by atomic mass is 9.49. The molecule has 7 atom stereocenters. The second-order valence-electron chi connectivity index (χ2n) is 11.4. The standard InChI is InChI=1S/C28H38O5/c1-27-11-9-22-21-10-12-28(32-13-14-33-28)16-20(21)15-24(26(22)23(27)7-8-25(27)29)31-18-30-17-19-5-3-2-4-6-19/h2-6,20-24,26H,7-18H2,1H3/t20-,21-,22+,23-,24+,26+,27-/m0/s1. The number of carbonyl (C=O) groups is 1. The highest BCUT2D eigenvalue weighted by atomic mass is 16.7. The summed E-state index contributed by atoms with van der Waals surface area (Å²) < 4.78 is 24.7. The van der Waals surface area contributed by atoms with E-state index in [9.17, 15) is 4.79 Å². The first-order valence-corrected chi connectivity index (χ1v) is 13.1. The highest BCUT2D eigenvalue weighted by Crippen LogP contribution is 2.62. The molecule has 0 bridgehead atoms. The molecule has 4 aliphatic carbocycles. The van der Waals surface area contributed by atoms with Gasteiger partial charge >= 0.3 is 0 Å². The van der Waals surface area contributed by atoms with Crippen molar-refractivity contribution < 1.29 is 23.7 Å². The predicted molar refractivity (Wildman–Crippen MR) is 123 cm³/mol. The molecule has 5 nitrogen and oxygen atoms in total. The Morgan fingerprint density at radius 3 is 2.64 bits per heavy atom. The van der Waals surface area contributed by atoms with E-state index < -0.39 is 0 Å². The Labute approximate surface area is 197 Å². The normalized spacial score (nSPS) is 41.5. The van der Waals surface area contributed by atoms with Crippen LogP contribution in [0.3, 0.4) is 0 Å². The van der Waals surface area contributed by atoms with Gasteiger partial charge in [0.25, 0.3) is 0 Å². The van der Waals surface area contributed by atoms with Crippen LogP contribution in [0.2, 0.25) is 0 Å². The molecule has 6 rings (SSSR count). The van der Waals surface area contributed by atoms with Crippen molar-refractivity contribution >= 4 is 5.78 Å². The van der Waals surface area contributed by atoms with Gasteiger partial charge < -0.3 is 18.9 Å². The molecule has 1 aliphatic heterocycles. The molecule has 0 radical (unpaired) electrons. The Balaban J connectivity index is 1.19. The fourth-order valence-corrected chi connectivity index (χ4v) is 8.39. The van der Waals surface area contributed by atoms with Gasteiger partial charge in [-0.1, -0.05) is 37.3 Å². The van der Waals surface area contributed by atoms with Crippen LogP contribution in [0.5, 0.6) is 0 Å². The molecule has 5 aliphatic rings. The fraction of sp³-hybridized carbons (Fsp3) is 0.750. The quantitative estimate of drug-likeness (QED) is 0.457. The number of carbonyl (C=O) groups excluding carboxylic acids is 1. The summed E-state index contributed by atoms with van der Waals surface area (Å²) >= 11 is 0. The van der Waals surface area contributed by atoms with Crippen molar-refractivity contribution in [3.05, 3.63) is 35.9 Å². The zero-order chi connectivity index (χ0) is 22.5. The Morgan fingerprint density at radius 1 is 1.03 bits per heavy atom. The number of fused-ring (bicyclic) bond motifs is 5. The van der Waals surface area contributed by atoms with Crippen LogP contribution in [0.25, 0.3) is 0 Å². The third-order valence-corrected chi connectivity index (χ3v) is 9.94. The van der Waals surface area contributed by atoms with E-state index in [2.05, 4.69) is 19.1 Å². The van der Waals surface area contributed by atoms with Gasteiger partial charge in [-0.2, -0.15) is 0 Å². The lowest BCUT2D eigenvalue weighted by Gasteiger charge is -2.58. The first kappa shape index (κ1) is 22.2. The predicted octanol–water partition coefficient (Wildman–Crippen LogP) is 5.12. The smallest absolute Gasteiger partial charge is 0.168 e. The number of ketones is 1. The molecule has 1 aromatic carbocycles. The van der Waals surface area contributed by atoms with Gasteiger partial charge in [0.2, 0.25) is 0 Å². The van der Waals surface area contributed by atoms with Gasteiger partial charge in [0.1, 0.15) is 12.6 Å². The molecule has 1 saturated heterocycles. The van der Waals surface area contributed by atoms with E-state index in [0.717, 1.165) is 58.2 Å². The summed E-state index contributed by atoms with van der Waals surface area (Å²) in [6, 6.07) is 10.3. The minimum absolute atomic E-state index is 0.145. The molecule has 5 heteroatoms. The van der Waals surface area contributed by atoms with Crippen molar-refractivity contribution in [3.63, 3.8) is 0 Å². The van der Waals surface area contributed by atoms with Crippen LogP contribution in [0.15, 0.2) is 30.3 Å². The molecular formula is C28H38O5.